The van der Waals surface area contributed by atoms with Gasteiger partial charge in [0.1, 0.15) is 11.2 Å². The maximum Gasteiger partial charge on any atom is 0.320 e. The molecule has 39 heavy (non-hydrogen) atoms. The Labute approximate surface area is 234 Å². The summed E-state index contributed by atoms with van der Waals surface area (Å²) in [5.41, 5.74) is -1.12. The fourth-order valence-corrected chi connectivity index (χ4v) is 3.36. The van der Waals surface area contributed by atoms with Gasteiger partial charge in [0.25, 0.3) is 0 Å². The molecule has 2 N–H and O–H groups in total. The van der Waals surface area contributed by atoms with E-state index in [9.17, 15) is 19.2 Å². The molecule has 0 saturated heterocycles. The van der Waals surface area contributed by atoms with Gasteiger partial charge in [-0.3, -0.25) is 24.1 Å². The highest BCUT2D eigenvalue weighted by molar-refractivity contribution is 5.72. The van der Waals surface area contributed by atoms with Crippen LogP contribution in [0.15, 0.2) is 0 Å². The summed E-state index contributed by atoms with van der Waals surface area (Å²) < 4.78 is 20.8. The van der Waals surface area contributed by atoms with Crippen LogP contribution in [-0.4, -0.2) is 124 Å². The molecule has 0 aliphatic rings. The molecule has 0 heterocycles. The Hall–Kier alpha value is -2.28. The van der Waals surface area contributed by atoms with Gasteiger partial charge >= 0.3 is 23.9 Å². The molecule has 0 fully saturated rings. The smallest absolute Gasteiger partial charge is 0.320 e. The van der Waals surface area contributed by atoms with E-state index in [4.69, 9.17) is 18.9 Å². The number of rotatable bonds is 20. The average molecular weight is 561 g/mol. The third kappa shape index (κ3) is 23.3. The van der Waals surface area contributed by atoms with Crippen LogP contribution in [0.25, 0.3) is 0 Å². The molecule has 0 amide bonds. The number of hydrogen-bond donors (Lipinski definition) is 2. The number of nitrogens with zero attached hydrogens (tertiary/aromatic N) is 2. The lowest BCUT2D eigenvalue weighted by Gasteiger charge is -2.28. The molecule has 12 heteroatoms. The van der Waals surface area contributed by atoms with Crippen molar-refractivity contribution in [3.63, 3.8) is 0 Å². The van der Waals surface area contributed by atoms with Gasteiger partial charge in [-0.1, -0.05) is 0 Å². The van der Waals surface area contributed by atoms with E-state index in [2.05, 4.69) is 15.5 Å². The molecule has 0 bridgehead atoms. The molecule has 0 aromatic carbocycles. The zero-order valence-electron chi connectivity index (χ0n) is 25.4. The quantitative estimate of drug-likeness (QED) is 0.125. The number of carbonyl (C=O) groups excluding carboxylic acids is 4. The highest BCUT2D eigenvalue weighted by Crippen LogP contribution is 2.09. The van der Waals surface area contributed by atoms with E-state index < -0.39 is 11.2 Å². The first kappa shape index (κ1) is 36.7. The summed E-state index contributed by atoms with van der Waals surface area (Å²) in [4.78, 5) is 52.0. The lowest BCUT2D eigenvalue weighted by atomic mass is 10.2. The van der Waals surface area contributed by atoms with Crippen LogP contribution < -0.4 is 10.6 Å². The van der Waals surface area contributed by atoms with Gasteiger partial charge in [-0.2, -0.15) is 0 Å². The largest absolute Gasteiger partial charge is 0.465 e. The first-order valence-electron chi connectivity index (χ1n) is 13.8. The van der Waals surface area contributed by atoms with Gasteiger partial charge < -0.3 is 34.5 Å². The van der Waals surface area contributed by atoms with E-state index in [-0.39, 0.29) is 56.5 Å². The van der Waals surface area contributed by atoms with Crippen molar-refractivity contribution in [2.75, 3.05) is 78.7 Å². The van der Waals surface area contributed by atoms with Crippen LogP contribution in [0.4, 0.5) is 0 Å². The van der Waals surface area contributed by atoms with Crippen molar-refractivity contribution < 1.29 is 38.1 Å². The van der Waals surface area contributed by atoms with Crippen molar-refractivity contribution in [2.45, 2.75) is 73.0 Å². The van der Waals surface area contributed by atoms with Gasteiger partial charge in [-0.25, -0.2) is 0 Å². The predicted molar refractivity (Wildman–Crippen MR) is 148 cm³/mol. The Kier molecular flexibility index (Phi) is 18.6. The molecule has 0 aromatic heterocycles. The van der Waals surface area contributed by atoms with Gasteiger partial charge in [-0.05, 0) is 55.4 Å². The average Bonchev–Trinajstić information content (AvgIpc) is 2.78. The molecule has 0 unspecified atom stereocenters. The zero-order valence-corrected chi connectivity index (χ0v) is 25.4. The van der Waals surface area contributed by atoms with E-state index in [0.717, 1.165) is 0 Å². The van der Waals surface area contributed by atoms with Crippen LogP contribution in [0, 0.1) is 0 Å². The second-order valence-electron chi connectivity index (χ2n) is 11.0. The van der Waals surface area contributed by atoms with Crippen molar-refractivity contribution in [3.8, 4) is 0 Å². The van der Waals surface area contributed by atoms with Gasteiger partial charge in [0.2, 0.25) is 0 Å². The second-order valence-corrected chi connectivity index (χ2v) is 11.0. The van der Waals surface area contributed by atoms with Crippen LogP contribution in [-0.2, 0) is 38.1 Å². The summed E-state index contributed by atoms with van der Waals surface area (Å²) in [5.74, 6) is -1.29. The third-order valence-electron chi connectivity index (χ3n) is 4.92. The van der Waals surface area contributed by atoms with Crippen molar-refractivity contribution in [1.29, 1.82) is 0 Å². The normalized spacial score (nSPS) is 11.9. The molecule has 0 aliphatic carbocycles. The molecular weight excluding hydrogens is 508 g/mol. The molecular formula is C27H52N4O8. The molecule has 0 aromatic rings. The molecule has 0 atom stereocenters. The minimum absolute atomic E-state index is 0.0681. The van der Waals surface area contributed by atoms with Crippen molar-refractivity contribution in [1.82, 2.24) is 20.4 Å². The molecule has 0 saturated carbocycles. The van der Waals surface area contributed by atoms with Crippen LogP contribution in [0.5, 0.6) is 0 Å². The number of esters is 4. The van der Waals surface area contributed by atoms with E-state index in [1.807, 2.05) is 46.4 Å². The van der Waals surface area contributed by atoms with E-state index >= 15 is 0 Å². The highest BCUT2D eigenvalue weighted by atomic mass is 16.6. The second kappa shape index (κ2) is 19.7. The topological polar surface area (TPSA) is 136 Å². The van der Waals surface area contributed by atoms with Crippen LogP contribution in [0.2, 0.25) is 0 Å². The zero-order chi connectivity index (χ0) is 29.9. The van der Waals surface area contributed by atoms with Crippen molar-refractivity contribution in [3.05, 3.63) is 0 Å². The standard InChI is InChI=1S/C27H52N4O8/c1-9-36-23(33)19-28-12-15-30(14-11-22(32)38-26(3,4)5)17-18-31(21-25(35)37-10-2)16-13-29-20-24(34)39-27(6,7)8/h28-29H,9-21H2,1-8H3. The summed E-state index contributed by atoms with van der Waals surface area (Å²) >= 11 is 0. The van der Waals surface area contributed by atoms with Crippen LogP contribution >= 0.6 is 0 Å². The Morgan fingerprint density at radius 2 is 1.05 bits per heavy atom. The molecule has 0 spiro atoms. The Morgan fingerprint density at radius 3 is 1.59 bits per heavy atom. The summed E-state index contributed by atoms with van der Waals surface area (Å²) in [5, 5.41) is 6.12. The number of ether oxygens (including phenoxy) is 4. The van der Waals surface area contributed by atoms with E-state index in [1.165, 1.54) is 0 Å². The predicted octanol–water partition coefficient (Wildman–Crippen LogP) is 0.969. The first-order valence-corrected chi connectivity index (χ1v) is 13.8. The van der Waals surface area contributed by atoms with E-state index in [0.29, 0.717) is 52.4 Å². The van der Waals surface area contributed by atoms with Crippen LogP contribution in [0.1, 0.15) is 61.8 Å². The maximum absolute atomic E-state index is 12.3. The minimum Gasteiger partial charge on any atom is -0.465 e. The number of hydrogen-bond acceptors (Lipinski definition) is 12. The Bertz CT molecular complexity index is 734. The fourth-order valence-electron chi connectivity index (χ4n) is 3.36. The van der Waals surface area contributed by atoms with Crippen molar-refractivity contribution >= 4 is 23.9 Å². The summed E-state index contributed by atoms with van der Waals surface area (Å²) in [6, 6.07) is 0. The van der Waals surface area contributed by atoms with Crippen LogP contribution in [0.3, 0.4) is 0 Å². The number of carbonyl (C=O) groups is 4. The summed E-state index contributed by atoms with van der Waals surface area (Å²) in [6.07, 6.45) is 0.213. The molecule has 228 valence electrons. The first-order chi connectivity index (χ1) is 18.1. The molecule has 12 nitrogen and oxygen atoms in total. The van der Waals surface area contributed by atoms with Crippen molar-refractivity contribution in [2.24, 2.45) is 0 Å². The van der Waals surface area contributed by atoms with Gasteiger partial charge in [0, 0.05) is 45.8 Å². The van der Waals surface area contributed by atoms with Gasteiger partial charge in [0.15, 0.2) is 0 Å². The fraction of sp³-hybridized carbons (Fsp3) is 0.852. The Balaban J connectivity index is 5.02. The van der Waals surface area contributed by atoms with Gasteiger partial charge in [-0.15, -0.1) is 0 Å². The molecule has 0 rings (SSSR count). The number of nitrogens with one attached hydrogen (secondary N) is 2. The molecule has 0 radical (unpaired) electrons. The lowest BCUT2D eigenvalue weighted by Crippen LogP contribution is -2.44. The summed E-state index contributed by atoms with van der Waals surface area (Å²) in [6.45, 7) is 18.9. The maximum atomic E-state index is 12.3. The van der Waals surface area contributed by atoms with E-state index in [1.54, 1.807) is 13.8 Å². The minimum atomic E-state index is -0.564. The monoisotopic (exact) mass is 560 g/mol. The highest BCUT2D eigenvalue weighted by Gasteiger charge is 2.19. The lowest BCUT2D eigenvalue weighted by molar-refractivity contribution is -0.155. The SMILES string of the molecule is CCOC(=O)CNCCN(CCC(=O)OC(C)(C)C)CCN(CCNCC(=O)OC(C)(C)C)CC(=O)OCC. The third-order valence-corrected chi connectivity index (χ3v) is 4.92. The van der Waals surface area contributed by atoms with Gasteiger partial charge in [0.05, 0.1) is 39.3 Å². The molecule has 0 aliphatic heterocycles. The Morgan fingerprint density at radius 1 is 0.590 bits per heavy atom. The summed E-state index contributed by atoms with van der Waals surface area (Å²) in [7, 11) is 0.